The number of hydrogen-bond donors (Lipinski definition) is 2. The van der Waals surface area contributed by atoms with Crippen molar-refractivity contribution in [3.63, 3.8) is 0 Å². The zero-order valence-corrected chi connectivity index (χ0v) is 14.7. The number of rotatable bonds is 4. The first-order chi connectivity index (χ1) is 11.8. The second kappa shape index (κ2) is 6.48. The molecule has 2 N–H and O–H groups in total. The van der Waals surface area contributed by atoms with Gasteiger partial charge in [-0.1, -0.05) is 43.3 Å². The zero-order valence-electron chi connectivity index (χ0n) is 14.7. The number of amides is 1. The molecule has 5 heteroatoms. The highest BCUT2D eigenvalue weighted by atomic mass is 16.5. The summed E-state index contributed by atoms with van der Waals surface area (Å²) in [6.07, 6.45) is -1.23. The highest BCUT2D eigenvalue weighted by Crippen LogP contribution is 2.29. The van der Waals surface area contributed by atoms with E-state index in [9.17, 15) is 9.59 Å². The van der Waals surface area contributed by atoms with E-state index >= 15 is 0 Å². The van der Waals surface area contributed by atoms with Crippen molar-refractivity contribution in [1.29, 1.82) is 0 Å². The van der Waals surface area contributed by atoms with Crippen molar-refractivity contribution in [1.82, 2.24) is 5.32 Å². The number of fused-ring (bicyclic) bond motifs is 1. The number of carbonyl (C=O) groups is 2. The van der Waals surface area contributed by atoms with Crippen LogP contribution >= 0.6 is 0 Å². The first kappa shape index (κ1) is 17.4. The zero-order chi connectivity index (χ0) is 18.2. The number of aliphatic carboxylic acids is 1. The van der Waals surface area contributed by atoms with Crippen LogP contribution in [0.5, 0.6) is 0 Å². The number of carboxylic acids is 1. The Hall–Kier alpha value is -2.40. The van der Waals surface area contributed by atoms with Crippen LogP contribution in [-0.2, 0) is 19.9 Å². The minimum atomic E-state index is -1.02. The van der Waals surface area contributed by atoms with Crippen LogP contribution in [0.1, 0.15) is 32.8 Å². The summed E-state index contributed by atoms with van der Waals surface area (Å²) in [5, 5.41) is 14.4. The SMILES string of the molecule is C[C@@H]1C[C@H](C(=O)NC(C)(C)c2ccc3ccccc3c2)O[C@H]1C(=O)O. The van der Waals surface area contributed by atoms with E-state index in [-0.39, 0.29) is 11.8 Å². The van der Waals surface area contributed by atoms with E-state index < -0.39 is 23.7 Å². The Bertz CT molecular complexity index is 814. The third kappa shape index (κ3) is 3.51. The van der Waals surface area contributed by atoms with Crippen molar-refractivity contribution in [3.05, 3.63) is 48.0 Å². The van der Waals surface area contributed by atoms with Crippen molar-refractivity contribution < 1.29 is 19.4 Å². The monoisotopic (exact) mass is 341 g/mol. The standard InChI is InChI=1S/C20H23NO4/c1-12-10-16(25-17(12)19(23)24)18(22)21-20(2,3)15-9-8-13-6-4-5-7-14(13)11-15/h4-9,11-12,16-17H,10H2,1-3H3,(H,21,22)(H,23,24)/t12-,16-,17-/m1/s1. The first-order valence-corrected chi connectivity index (χ1v) is 8.47. The van der Waals surface area contributed by atoms with Gasteiger partial charge < -0.3 is 15.2 Å². The largest absolute Gasteiger partial charge is 0.479 e. The summed E-state index contributed by atoms with van der Waals surface area (Å²) in [6, 6.07) is 14.2. The van der Waals surface area contributed by atoms with Gasteiger partial charge in [0.05, 0.1) is 5.54 Å². The van der Waals surface area contributed by atoms with E-state index in [1.807, 2.05) is 50.2 Å². The van der Waals surface area contributed by atoms with Crippen LogP contribution in [0.2, 0.25) is 0 Å². The van der Waals surface area contributed by atoms with Gasteiger partial charge in [-0.3, -0.25) is 4.79 Å². The van der Waals surface area contributed by atoms with Gasteiger partial charge in [0.1, 0.15) is 6.10 Å². The highest BCUT2D eigenvalue weighted by Gasteiger charge is 2.41. The fraction of sp³-hybridized carbons (Fsp3) is 0.400. The quantitative estimate of drug-likeness (QED) is 0.896. The summed E-state index contributed by atoms with van der Waals surface area (Å²) in [4.78, 5) is 23.7. The third-order valence-corrected chi connectivity index (χ3v) is 4.86. The molecular formula is C20H23NO4. The maximum atomic E-state index is 12.6. The summed E-state index contributed by atoms with van der Waals surface area (Å²) < 4.78 is 5.44. The van der Waals surface area contributed by atoms with E-state index in [0.717, 1.165) is 16.3 Å². The molecule has 1 aliphatic rings. The Morgan fingerprint density at radius 2 is 1.84 bits per heavy atom. The van der Waals surface area contributed by atoms with Crippen LogP contribution in [0.4, 0.5) is 0 Å². The minimum absolute atomic E-state index is 0.183. The van der Waals surface area contributed by atoms with E-state index in [4.69, 9.17) is 9.84 Å². The molecule has 1 saturated heterocycles. The molecule has 0 bridgehead atoms. The van der Waals surface area contributed by atoms with Crippen molar-refractivity contribution in [2.75, 3.05) is 0 Å². The third-order valence-electron chi connectivity index (χ3n) is 4.86. The van der Waals surface area contributed by atoms with E-state index in [1.54, 1.807) is 6.92 Å². The Kier molecular flexibility index (Phi) is 4.52. The number of hydrogen-bond acceptors (Lipinski definition) is 3. The first-order valence-electron chi connectivity index (χ1n) is 8.47. The Balaban J connectivity index is 1.76. The van der Waals surface area contributed by atoms with Gasteiger partial charge in [0, 0.05) is 0 Å². The Labute approximate surface area is 147 Å². The Morgan fingerprint density at radius 3 is 2.48 bits per heavy atom. The van der Waals surface area contributed by atoms with Crippen molar-refractivity contribution in [3.8, 4) is 0 Å². The molecule has 25 heavy (non-hydrogen) atoms. The molecule has 0 saturated carbocycles. The smallest absolute Gasteiger partial charge is 0.333 e. The van der Waals surface area contributed by atoms with E-state index in [2.05, 4.69) is 11.4 Å². The van der Waals surface area contributed by atoms with Gasteiger partial charge in [0.2, 0.25) is 5.91 Å². The molecule has 2 aromatic rings. The molecule has 5 nitrogen and oxygen atoms in total. The van der Waals surface area contributed by atoms with Crippen LogP contribution < -0.4 is 5.32 Å². The van der Waals surface area contributed by atoms with Gasteiger partial charge in [-0.25, -0.2) is 4.79 Å². The van der Waals surface area contributed by atoms with E-state index in [0.29, 0.717) is 6.42 Å². The lowest BCUT2D eigenvalue weighted by molar-refractivity contribution is -0.153. The number of carboxylic acid groups (broad SMARTS) is 1. The summed E-state index contributed by atoms with van der Waals surface area (Å²) in [7, 11) is 0. The number of carbonyl (C=O) groups excluding carboxylic acids is 1. The minimum Gasteiger partial charge on any atom is -0.479 e. The summed E-state index contributed by atoms with van der Waals surface area (Å²) >= 11 is 0. The Morgan fingerprint density at radius 1 is 1.16 bits per heavy atom. The fourth-order valence-electron chi connectivity index (χ4n) is 3.34. The molecule has 3 rings (SSSR count). The molecule has 3 atom stereocenters. The van der Waals surface area contributed by atoms with Gasteiger partial charge in [-0.05, 0) is 48.6 Å². The number of nitrogens with one attached hydrogen (secondary N) is 1. The second-order valence-corrected chi connectivity index (χ2v) is 7.27. The van der Waals surface area contributed by atoms with Gasteiger partial charge in [0.25, 0.3) is 0 Å². The number of ether oxygens (including phenoxy) is 1. The van der Waals surface area contributed by atoms with Gasteiger partial charge >= 0.3 is 5.97 Å². The molecule has 2 aromatic carbocycles. The van der Waals surface area contributed by atoms with Crippen molar-refractivity contribution in [2.45, 2.75) is 44.9 Å². The predicted molar refractivity (Wildman–Crippen MR) is 95.2 cm³/mol. The molecular weight excluding hydrogens is 318 g/mol. The van der Waals surface area contributed by atoms with Gasteiger partial charge in [0.15, 0.2) is 6.10 Å². The average molecular weight is 341 g/mol. The molecule has 0 aromatic heterocycles. The second-order valence-electron chi connectivity index (χ2n) is 7.27. The molecule has 1 heterocycles. The maximum Gasteiger partial charge on any atom is 0.333 e. The summed E-state index contributed by atoms with van der Waals surface area (Å²) in [6.45, 7) is 5.66. The molecule has 1 fully saturated rings. The average Bonchev–Trinajstić information content (AvgIpc) is 2.96. The summed E-state index contributed by atoms with van der Waals surface area (Å²) in [5.74, 6) is -1.47. The van der Waals surface area contributed by atoms with E-state index in [1.165, 1.54) is 0 Å². The van der Waals surface area contributed by atoms with Crippen LogP contribution in [-0.4, -0.2) is 29.2 Å². The van der Waals surface area contributed by atoms with Crippen LogP contribution in [0.25, 0.3) is 10.8 Å². The molecule has 0 spiro atoms. The predicted octanol–water partition coefficient (Wildman–Crippen LogP) is 3.07. The lowest BCUT2D eigenvalue weighted by Gasteiger charge is -2.28. The maximum absolute atomic E-state index is 12.6. The molecule has 132 valence electrons. The lowest BCUT2D eigenvalue weighted by Crippen LogP contribution is -2.46. The molecule has 1 amide bonds. The molecule has 0 unspecified atom stereocenters. The normalized spacial score (nSPS) is 23.6. The van der Waals surface area contributed by atoms with Crippen LogP contribution in [0, 0.1) is 5.92 Å². The highest BCUT2D eigenvalue weighted by molar-refractivity contribution is 5.85. The molecule has 1 aliphatic heterocycles. The molecule has 0 radical (unpaired) electrons. The van der Waals surface area contributed by atoms with Crippen LogP contribution in [0.15, 0.2) is 42.5 Å². The lowest BCUT2D eigenvalue weighted by atomic mass is 9.91. The number of benzene rings is 2. The fourth-order valence-corrected chi connectivity index (χ4v) is 3.34. The van der Waals surface area contributed by atoms with Crippen LogP contribution in [0.3, 0.4) is 0 Å². The summed E-state index contributed by atoms with van der Waals surface area (Å²) in [5.41, 5.74) is 0.398. The van der Waals surface area contributed by atoms with Gasteiger partial charge in [-0.15, -0.1) is 0 Å². The molecule has 0 aliphatic carbocycles. The topological polar surface area (TPSA) is 75.6 Å². The van der Waals surface area contributed by atoms with Crippen molar-refractivity contribution >= 4 is 22.6 Å². The van der Waals surface area contributed by atoms with Gasteiger partial charge in [-0.2, -0.15) is 0 Å². The van der Waals surface area contributed by atoms with Crippen molar-refractivity contribution in [2.24, 2.45) is 5.92 Å².